The highest BCUT2D eigenvalue weighted by molar-refractivity contribution is 5.79. The van der Waals surface area contributed by atoms with Gasteiger partial charge in [0.15, 0.2) is 11.6 Å². The molecule has 0 aliphatic rings. The number of nitrogens with one attached hydrogen (secondary N) is 1. The highest BCUT2D eigenvalue weighted by Gasteiger charge is 2.15. The number of nitrogens with two attached hydrogens (primary N) is 1. The Hall–Kier alpha value is -2.30. The van der Waals surface area contributed by atoms with Crippen molar-refractivity contribution in [3.8, 4) is 0 Å². The monoisotopic (exact) mass is 467 g/mol. The predicted octanol–water partition coefficient (Wildman–Crippen LogP) is 8.42. The van der Waals surface area contributed by atoms with E-state index in [1.165, 1.54) is 89.0 Å². The number of nitrogen functional groups attached to an aromatic ring is 1. The van der Waals surface area contributed by atoms with Gasteiger partial charge in [0.25, 0.3) is 0 Å². The zero-order valence-electron chi connectivity index (χ0n) is 22.1. The van der Waals surface area contributed by atoms with Gasteiger partial charge in [0.2, 0.25) is 0 Å². The van der Waals surface area contributed by atoms with Crippen molar-refractivity contribution in [1.82, 2.24) is 9.97 Å². The minimum absolute atomic E-state index is 0.621. The van der Waals surface area contributed by atoms with E-state index in [2.05, 4.69) is 65.2 Å². The van der Waals surface area contributed by atoms with Crippen molar-refractivity contribution in [3.05, 3.63) is 36.2 Å². The van der Waals surface area contributed by atoms with Crippen LogP contribution in [0.1, 0.15) is 109 Å². The number of rotatable bonds is 19. The van der Waals surface area contributed by atoms with E-state index in [9.17, 15) is 0 Å². The molecule has 1 heterocycles. The molecule has 5 heteroatoms. The Morgan fingerprint density at radius 1 is 0.794 bits per heavy atom. The summed E-state index contributed by atoms with van der Waals surface area (Å²) in [6.45, 7) is 8.20. The first-order chi connectivity index (χ1) is 16.7. The molecule has 0 amide bonds. The molecule has 0 spiro atoms. The van der Waals surface area contributed by atoms with Crippen molar-refractivity contribution in [1.29, 1.82) is 0 Å². The summed E-state index contributed by atoms with van der Waals surface area (Å²) in [5.74, 6) is 1.51. The second-order valence-corrected chi connectivity index (χ2v) is 9.57. The molecule has 0 aliphatic carbocycles. The van der Waals surface area contributed by atoms with Gasteiger partial charge in [-0.05, 0) is 38.0 Å². The first kappa shape index (κ1) is 27.9. The smallest absolute Gasteiger partial charge is 0.161 e. The fourth-order valence-electron chi connectivity index (χ4n) is 4.52. The quantitative estimate of drug-likeness (QED) is 0.203. The van der Waals surface area contributed by atoms with Gasteiger partial charge in [-0.1, -0.05) is 103 Å². The molecule has 0 bridgehead atoms. The van der Waals surface area contributed by atoms with Gasteiger partial charge < -0.3 is 16.0 Å². The second kappa shape index (κ2) is 17.2. The lowest BCUT2D eigenvalue weighted by Gasteiger charge is -2.24. The summed E-state index contributed by atoms with van der Waals surface area (Å²) in [5, 5.41) is 3.44. The number of unbranched alkanes of at least 4 members (excludes halogenated alkanes) is 13. The van der Waals surface area contributed by atoms with Crippen molar-refractivity contribution in [2.45, 2.75) is 111 Å². The molecule has 0 radical (unpaired) electrons. The maximum atomic E-state index is 6.47. The molecule has 0 fully saturated rings. The van der Waals surface area contributed by atoms with Crippen LogP contribution in [0, 0.1) is 6.92 Å². The van der Waals surface area contributed by atoms with Crippen molar-refractivity contribution < 1.29 is 0 Å². The van der Waals surface area contributed by atoms with Crippen molar-refractivity contribution in [2.75, 3.05) is 29.0 Å². The van der Waals surface area contributed by atoms with Crippen LogP contribution in [0.3, 0.4) is 0 Å². The topological polar surface area (TPSA) is 67.1 Å². The van der Waals surface area contributed by atoms with Crippen LogP contribution in [-0.2, 0) is 0 Å². The van der Waals surface area contributed by atoms with Gasteiger partial charge >= 0.3 is 0 Å². The first-order valence-corrected chi connectivity index (χ1v) is 13.9. The maximum Gasteiger partial charge on any atom is 0.161 e. The fraction of sp³-hybridized carbons (Fsp3) is 0.655. The van der Waals surface area contributed by atoms with Crippen LogP contribution in [0.2, 0.25) is 0 Å². The van der Waals surface area contributed by atoms with E-state index in [1.54, 1.807) is 6.33 Å². The fourth-order valence-corrected chi connectivity index (χ4v) is 4.52. The summed E-state index contributed by atoms with van der Waals surface area (Å²) in [6.07, 6.45) is 20.8. The molecule has 34 heavy (non-hydrogen) atoms. The number of anilines is 4. The van der Waals surface area contributed by atoms with Gasteiger partial charge in [0.1, 0.15) is 12.0 Å². The van der Waals surface area contributed by atoms with Gasteiger partial charge in [-0.2, -0.15) is 0 Å². The summed E-state index contributed by atoms with van der Waals surface area (Å²) in [7, 11) is 0. The number of benzene rings is 1. The summed E-state index contributed by atoms with van der Waals surface area (Å²) < 4.78 is 0. The summed E-state index contributed by atoms with van der Waals surface area (Å²) in [6, 6.07) is 8.43. The van der Waals surface area contributed by atoms with Crippen LogP contribution in [0.25, 0.3) is 0 Å². The SMILES string of the molecule is CCCCCCCCCCCCCCCCNc1ncnc(N(CC)c2cccc(C)c2)c1N. The van der Waals surface area contributed by atoms with Gasteiger partial charge in [-0.25, -0.2) is 9.97 Å². The van der Waals surface area contributed by atoms with Gasteiger partial charge in [-0.15, -0.1) is 0 Å². The highest BCUT2D eigenvalue weighted by Crippen LogP contribution is 2.31. The number of aromatic nitrogens is 2. The Bertz CT molecular complexity index is 792. The Balaban J connectivity index is 1.60. The Labute approximate surface area is 209 Å². The zero-order valence-corrected chi connectivity index (χ0v) is 22.1. The van der Waals surface area contributed by atoms with Crippen LogP contribution in [0.4, 0.5) is 23.0 Å². The lowest BCUT2D eigenvalue weighted by molar-refractivity contribution is 0.537. The normalized spacial score (nSPS) is 11.0. The van der Waals surface area contributed by atoms with Crippen LogP contribution in [-0.4, -0.2) is 23.1 Å². The Kier molecular flexibility index (Phi) is 14.1. The molecule has 0 atom stereocenters. The van der Waals surface area contributed by atoms with Gasteiger partial charge in [0, 0.05) is 18.8 Å². The molecule has 0 saturated carbocycles. The molecular weight excluding hydrogens is 418 g/mol. The standard InChI is InChI=1S/C29H49N5/c1-4-6-7-8-9-10-11-12-13-14-15-16-17-18-22-31-28-27(30)29(33-24-32-28)34(5-2)26-21-19-20-25(3)23-26/h19-21,23-24H,4-18,22,30H2,1-3H3,(H,31,32,33). The van der Waals surface area contributed by atoms with Crippen molar-refractivity contribution in [2.24, 2.45) is 0 Å². The number of hydrogen-bond donors (Lipinski definition) is 2. The zero-order chi connectivity index (χ0) is 24.4. The van der Waals surface area contributed by atoms with Crippen LogP contribution >= 0.6 is 0 Å². The third-order valence-corrected chi connectivity index (χ3v) is 6.57. The molecule has 0 unspecified atom stereocenters. The van der Waals surface area contributed by atoms with Crippen molar-refractivity contribution in [3.63, 3.8) is 0 Å². The molecular formula is C29H49N5. The summed E-state index contributed by atoms with van der Waals surface area (Å²) >= 11 is 0. The molecule has 0 aliphatic heterocycles. The van der Waals surface area contributed by atoms with E-state index < -0.39 is 0 Å². The third-order valence-electron chi connectivity index (χ3n) is 6.57. The molecule has 3 N–H and O–H groups in total. The molecule has 2 aromatic rings. The lowest BCUT2D eigenvalue weighted by atomic mass is 10.0. The van der Waals surface area contributed by atoms with Crippen LogP contribution in [0.5, 0.6) is 0 Å². The average molecular weight is 468 g/mol. The minimum Gasteiger partial charge on any atom is -0.393 e. The first-order valence-electron chi connectivity index (χ1n) is 13.9. The molecule has 2 rings (SSSR count). The van der Waals surface area contributed by atoms with Crippen LogP contribution < -0.4 is 16.0 Å². The Morgan fingerprint density at radius 3 is 1.94 bits per heavy atom. The van der Waals surface area contributed by atoms with E-state index in [4.69, 9.17) is 5.73 Å². The molecule has 1 aromatic carbocycles. The van der Waals surface area contributed by atoms with Crippen LogP contribution in [0.15, 0.2) is 30.6 Å². The summed E-state index contributed by atoms with van der Waals surface area (Å²) in [4.78, 5) is 11.0. The maximum absolute atomic E-state index is 6.47. The lowest BCUT2D eigenvalue weighted by Crippen LogP contribution is -2.20. The van der Waals surface area contributed by atoms with E-state index in [0.717, 1.165) is 36.8 Å². The average Bonchev–Trinajstić information content (AvgIpc) is 2.84. The second-order valence-electron chi connectivity index (χ2n) is 9.57. The summed E-state index contributed by atoms with van der Waals surface area (Å²) in [5.41, 5.74) is 9.41. The largest absolute Gasteiger partial charge is 0.393 e. The van der Waals surface area contributed by atoms with Gasteiger partial charge in [-0.3, -0.25) is 0 Å². The molecule has 5 nitrogen and oxygen atoms in total. The third kappa shape index (κ3) is 10.3. The molecule has 1 aromatic heterocycles. The predicted molar refractivity (Wildman–Crippen MR) is 149 cm³/mol. The minimum atomic E-state index is 0.621. The van der Waals surface area contributed by atoms with E-state index in [0.29, 0.717) is 5.69 Å². The molecule has 190 valence electrons. The molecule has 0 saturated heterocycles. The van der Waals surface area contributed by atoms with Gasteiger partial charge in [0.05, 0.1) is 0 Å². The number of hydrogen-bond acceptors (Lipinski definition) is 5. The van der Waals surface area contributed by atoms with E-state index in [-0.39, 0.29) is 0 Å². The van der Waals surface area contributed by atoms with E-state index >= 15 is 0 Å². The Morgan fingerprint density at radius 2 is 1.38 bits per heavy atom. The number of nitrogens with zero attached hydrogens (tertiary/aromatic N) is 3. The van der Waals surface area contributed by atoms with Crippen molar-refractivity contribution >= 4 is 23.0 Å². The van der Waals surface area contributed by atoms with E-state index in [1.807, 2.05) is 0 Å². The number of aryl methyl sites for hydroxylation is 1. The highest BCUT2D eigenvalue weighted by atomic mass is 15.2.